The van der Waals surface area contributed by atoms with Crippen molar-refractivity contribution in [3.05, 3.63) is 12.4 Å². The molecule has 0 radical (unpaired) electrons. The number of nitrogens with zero attached hydrogens (tertiary/aromatic N) is 3. The minimum absolute atomic E-state index is 0.588. The third kappa shape index (κ3) is 3.32. The molecule has 0 aliphatic carbocycles. The largest absolute Gasteiger partial charge is 0.480 e. The lowest BCUT2D eigenvalue weighted by Crippen LogP contribution is -2.35. The maximum atomic E-state index is 5.11. The first-order valence-electron chi connectivity index (χ1n) is 6.59. The van der Waals surface area contributed by atoms with Gasteiger partial charge in [0, 0.05) is 13.1 Å². The lowest BCUT2D eigenvalue weighted by Gasteiger charge is -2.32. The molecular weight excluding hydrogens is 228 g/mol. The van der Waals surface area contributed by atoms with Crippen LogP contribution in [0.4, 0.5) is 5.82 Å². The zero-order valence-electron chi connectivity index (χ0n) is 11.2. The molecule has 1 aliphatic rings. The second-order valence-electron chi connectivity index (χ2n) is 4.74. The molecule has 1 aliphatic heterocycles. The lowest BCUT2D eigenvalue weighted by molar-refractivity contribution is 0.373. The predicted molar refractivity (Wildman–Crippen MR) is 72.1 cm³/mol. The number of rotatable bonds is 5. The molecule has 0 unspecified atom stereocenters. The van der Waals surface area contributed by atoms with Gasteiger partial charge in [0.25, 0.3) is 0 Å². The number of methoxy groups -OCH3 is 1. The summed E-state index contributed by atoms with van der Waals surface area (Å²) >= 11 is 0. The third-order valence-corrected chi connectivity index (χ3v) is 3.55. The Balaban J connectivity index is 1.88. The minimum Gasteiger partial charge on any atom is -0.480 e. The summed E-state index contributed by atoms with van der Waals surface area (Å²) in [5.74, 6) is 2.36. The van der Waals surface area contributed by atoms with Crippen LogP contribution in [-0.4, -0.2) is 43.8 Å². The highest BCUT2D eigenvalue weighted by atomic mass is 16.5. The molecular formula is C13H22N4O. The smallest absolute Gasteiger partial charge is 0.233 e. The van der Waals surface area contributed by atoms with Gasteiger partial charge in [-0.25, -0.2) is 0 Å². The maximum absolute atomic E-state index is 5.11. The SMILES string of the molecule is CNCCC1CCN(c2cncc(OC)n2)CC1. The van der Waals surface area contributed by atoms with Crippen molar-refractivity contribution in [2.75, 3.05) is 38.7 Å². The van der Waals surface area contributed by atoms with Crippen LogP contribution in [0.5, 0.6) is 5.88 Å². The van der Waals surface area contributed by atoms with Crippen LogP contribution in [-0.2, 0) is 0 Å². The Labute approximate surface area is 109 Å². The van der Waals surface area contributed by atoms with Crippen molar-refractivity contribution in [3.8, 4) is 5.88 Å². The second-order valence-corrected chi connectivity index (χ2v) is 4.74. The van der Waals surface area contributed by atoms with Crippen LogP contribution in [0.25, 0.3) is 0 Å². The van der Waals surface area contributed by atoms with E-state index < -0.39 is 0 Å². The summed E-state index contributed by atoms with van der Waals surface area (Å²) in [5, 5.41) is 3.22. The van der Waals surface area contributed by atoms with Gasteiger partial charge in [-0.2, -0.15) is 4.98 Å². The molecule has 5 heteroatoms. The van der Waals surface area contributed by atoms with Crippen molar-refractivity contribution in [2.24, 2.45) is 5.92 Å². The van der Waals surface area contributed by atoms with E-state index >= 15 is 0 Å². The van der Waals surface area contributed by atoms with E-state index in [1.54, 1.807) is 13.3 Å². The van der Waals surface area contributed by atoms with Gasteiger partial charge in [-0.15, -0.1) is 0 Å². The first-order valence-corrected chi connectivity index (χ1v) is 6.59. The van der Waals surface area contributed by atoms with Gasteiger partial charge in [0.15, 0.2) is 5.82 Å². The molecule has 18 heavy (non-hydrogen) atoms. The fourth-order valence-corrected chi connectivity index (χ4v) is 2.39. The molecule has 1 aromatic rings. The Hall–Kier alpha value is -1.36. The first-order chi connectivity index (χ1) is 8.83. The number of aromatic nitrogens is 2. The van der Waals surface area contributed by atoms with E-state index in [0.29, 0.717) is 5.88 Å². The molecule has 0 amide bonds. The molecule has 5 nitrogen and oxygen atoms in total. The normalized spacial score (nSPS) is 16.9. The fourth-order valence-electron chi connectivity index (χ4n) is 2.39. The molecule has 2 rings (SSSR count). The predicted octanol–water partition coefficient (Wildman–Crippen LogP) is 1.31. The van der Waals surface area contributed by atoms with Gasteiger partial charge in [0.05, 0.1) is 19.5 Å². The zero-order valence-corrected chi connectivity index (χ0v) is 11.2. The van der Waals surface area contributed by atoms with Crippen LogP contribution < -0.4 is 15.0 Å². The summed E-state index contributed by atoms with van der Waals surface area (Å²) in [5.41, 5.74) is 0. The van der Waals surface area contributed by atoms with Gasteiger partial charge in [0.2, 0.25) is 5.88 Å². The highest BCUT2D eigenvalue weighted by molar-refractivity contribution is 5.37. The van der Waals surface area contributed by atoms with Crippen LogP contribution >= 0.6 is 0 Å². The highest BCUT2D eigenvalue weighted by Crippen LogP contribution is 2.24. The van der Waals surface area contributed by atoms with Crippen LogP contribution in [0.15, 0.2) is 12.4 Å². The molecule has 1 fully saturated rings. The van der Waals surface area contributed by atoms with Crippen LogP contribution in [0, 0.1) is 5.92 Å². The Morgan fingerprint density at radius 3 is 2.83 bits per heavy atom. The molecule has 100 valence electrons. The summed E-state index contributed by atoms with van der Waals surface area (Å²) in [6.45, 7) is 3.25. The van der Waals surface area contributed by atoms with Crippen LogP contribution in [0.2, 0.25) is 0 Å². The molecule has 1 N–H and O–H groups in total. The van der Waals surface area contributed by atoms with E-state index in [-0.39, 0.29) is 0 Å². The molecule has 0 aromatic carbocycles. The number of anilines is 1. The topological polar surface area (TPSA) is 50.3 Å². The van der Waals surface area contributed by atoms with Crippen molar-refractivity contribution in [3.63, 3.8) is 0 Å². The van der Waals surface area contributed by atoms with Gasteiger partial charge in [-0.3, -0.25) is 4.98 Å². The van der Waals surface area contributed by atoms with Gasteiger partial charge in [-0.05, 0) is 38.8 Å². The number of ether oxygens (including phenoxy) is 1. The van der Waals surface area contributed by atoms with E-state index in [2.05, 4.69) is 20.2 Å². The van der Waals surface area contributed by atoms with Gasteiger partial charge < -0.3 is 15.0 Å². The van der Waals surface area contributed by atoms with Crippen molar-refractivity contribution < 1.29 is 4.74 Å². The Morgan fingerprint density at radius 1 is 1.39 bits per heavy atom. The van der Waals surface area contributed by atoms with E-state index in [1.807, 2.05) is 13.2 Å². The highest BCUT2D eigenvalue weighted by Gasteiger charge is 2.20. The van der Waals surface area contributed by atoms with E-state index in [9.17, 15) is 0 Å². The Bertz CT molecular complexity index is 364. The summed E-state index contributed by atoms with van der Waals surface area (Å²) in [4.78, 5) is 10.9. The maximum Gasteiger partial charge on any atom is 0.233 e. The molecule has 2 heterocycles. The molecule has 1 saturated heterocycles. The van der Waals surface area contributed by atoms with Crippen molar-refractivity contribution in [1.29, 1.82) is 0 Å². The van der Waals surface area contributed by atoms with Gasteiger partial charge in [0.1, 0.15) is 0 Å². The van der Waals surface area contributed by atoms with E-state index in [0.717, 1.165) is 31.4 Å². The summed E-state index contributed by atoms with van der Waals surface area (Å²) in [6.07, 6.45) is 7.20. The molecule has 1 aromatic heterocycles. The second kappa shape index (κ2) is 6.54. The van der Waals surface area contributed by atoms with Crippen molar-refractivity contribution in [2.45, 2.75) is 19.3 Å². The number of hydrogen-bond donors (Lipinski definition) is 1. The monoisotopic (exact) mass is 250 g/mol. The average Bonchev–Trinajstić information content (AvgIpc) is 2.46. The van der Waals surface area contributed by atoms with E-state index in [1.165, 1.54) is 19.3 Å². The van der Waals surface area contributed by atoms with Crippen molar-refractivity contribution in [1.82, 2.24) is 15.3 Å². The third-order valence-electron chi connectivity index (χ3n) is 3.55. The zero-order chi connectivity index (χ0) is 12.8. The number of hydrogen-bond acceptors (Lipinski definition) is 5. The molecule has 0 atom stereocenters. The van der Waals surface area contributed by atoms with E-state index in [4.69, 9.17) is 4.74 Å². The first kappa shape index (κ1) is 13.1. The van der Waals surface area contributed by atoms with Crippen LogP contribution in [0.1, 0.15) is 19.3 Å². The molecule has 0 bridgehead atoms. The molecule has 0 spiro atoms. The standard InChI is InChI=1S/C13H22N4O/c1-14-6-3-11-4-7-17(8-5-11)12-9-15-10-13(16-12)18-2/h9-11,14H,3-8H2,1-2H3. The fraction of sp³-hybridized carbons (Fsp3) is 0.692. The summed E-state index contributed by atoms with van der Waals surface area (Å²) < 4.78 is 5.11. The summed E-state index contributed by atoms with van der Waals surface area (Å²) in [7, 11) is 3.64. The van der Waals surface area contributed by atoms with Crippen LogP contribution in [0.3, 0.4) is 0 Å². The van der Waals surface area contributed by atoms with Gasteiger partial charge >= 0.3 is 0 Å². The quantitative estimate of drug-likeness (QED) is 0.854. The number of nitrogens with one attached hydrogen (secondary N) is 1. The number of piperidine rings is 1. The van der Waals surface area contributed by atoms with Gasteiger partial charge in [-0.1, -0.05) is 0 Å². The average molecular weight is 250 g/mol. The Morgan fingerprint density at radius 2 is 2.17 bits per heavy atom. The summed E-state index contributed by atoms with van der Waals surface area (Å²) in [6, 6.07) is 0. The van der Waals surface area contributed by atoms with Crippen molar-refractivity contribution >= 4 is 5.82 Å². The minimum atomic E-state index is 0.588. The lowest BCUT2D eigenvalue weighted by atomic mass is 9.93. The molecule has 0 saturated carbocycles. The Kier molecular flexibility index (Phi) is 4.75.